The maximum Gasteiger partial charge on any atom is 0.437 e. The van der Waals surface area contributed by atoms with Gasteiger partial charge in [-0.3, -0.25) is 0 Å². The molecule has 0 unspecified atom stereocenters. The maximum absolute atomic E-state index is 12.9. The number of benzene rings is 1. The normalized spacial score (nSPS) is 11.5. The zero-order chi connectivity index (χ0) is 15.6. The predicted octanol–water partition coefficient (Wildman–Crippen LogP) is 3.23. The van der Waals surface area contributed by atoms with E-state index in [2.05, 4.69) is 31.0 Å². The molecule has 0 radical (unpaired) electrons. The topological polar surface area (TPSA) is 57.0 Å². The molecule has 1 heterocycles. The van der Waals surface area contributed by atoms with E-state index in [1.807, 2.05) is 0 Å². The number of carbonyl (C=O) groups excluding carboxylic acids is 1. The maximum atomic E-state index is 12.9. The molecule has 0 saturated heterocycles. The van der Waals surface area contributed by atoms with Crippen molar-refractivity contribution in [3.05, 3.63) is 40.1 Å². The predicted molar refractivity (Wildman–Crippen MR) is 70.0 cm³/mol. The van der Waals surface area contributed by atoms with Gasteiger partial charge in [-0.2, -0.15) is 13.2 Å². The summed E-state index contributed by atoms with van der Waals surface area (Å²) in [5.74, 6) is -1.13. The van der Waals surface area contributed by atoms with Crippen LogP contribution in [-0.4, -0.2) is 27.6 Å². The van der Waals surface area contributed by atoms with E-state index in [1.54, 1.807) is 12.1 Å². The summed E-state index contributed by atoms with van der Waals surface area (Å²) in [4.78, 5) is 11.8. The molecule has 9 heteroatoms. The molecule has 1 aromatic carbocycles. The van der Waals surface area contributed by atoms with Gasteiger partial charge in [0, 0.05) is 4.47 Å². The lowest BCUT2D eigenvalue weighted by Crippen LogP contribution is -2.18. The Labute approximate surface area is 125 Å². The van der Waals surface area contributed by atoms with Crippen molar-refractivity contribution in [2.45, 2.75) is 13.1 Å². The van der Waals surface area contributed by atoms with Crippen molar-refractivity contribution in [3.8, 4) is 5.69 Å². The minimum atomic E-state index is -4.80. The first-order valence-electron chi connectivity index (χ1n) is 5.80. The number of hydrogen-bond donors (Lipinski definition) is 0. The summed E-state index contributed by atoms with van der Waals surface area (Å²) < 4.78 is 44.9. The van der Waals surface area contributed by atoms with Crippen molar-refractivity contribution < 1.29 is 22.7 Å². The number of hydrogen-bond acceptors (Lipinski definition) is 4. The molecule has 0 fully saturated rings. The van der Waals surface area contributed by atoms with Gasteiger partial charge in [0.15, 0.2) is 5.69 Å². The zero-order valence-corrected chi connectivity index (χ0v) is 12.3. The van der Waals surface area contributed by atoms with Crippen LogP contribution in [-0.2, 0) is 10.9 Å². The third-order valence-electron chi connectivity index (χ3n) is 2.48. The van der Waals surface area contributed by atoms with Crippen molar-refractivity contribution in [2.75, 3.05) is 6.61 Å². The summed E-state index contributed by atoms with van der Waals surface area (Å²) in [7, 11) is 0. The van der Waals surface area contributed by atoms with Gasteiger partial charge in [-0.05, 0) is 31.2 Å². The van der Waals surface area contributed by atoms with Gasteiger partial charge in [-0.25, -0.2) is 9.48 Å². The average molecular weight is 364 g/mol. The van der Waals surface area contributed by atoms with Gasteiger partial charge in [0.25, 0.3) is 0 Å². The molecule has 0 bridgehead atoms. The molecule has 0 aliphatic heterocycles. The number of alkyl halides is 3. The Hall–Kier alpha value is -1.90. The van der Waals surface area contributed by atoms with Crippen LogP contribution in [0, 0.1) is 0 Å². The summed E-state index contributed by atoms with van der Waals surface area (Å²) in [6.07, 6.45) is -4.80. The minimum absolute atomic E-state index is 0.0539. The van der Waals surface area contributed by atoms with Crippen molar-refractivity contribution in [1.82, 2.24) is 15.0 Å². The van der Waals surface area contributed by atoms with Crippen LogP contribution in [0.25, 0.3) is 5.69 Å². The van der Waals surface area contributed by atoms with Crippen molar-refractivity contribution in [3.63, 3.8) is 0 Å². The molecular formula is C12H9BrF3N3O2. The van der Waals surface area contributed by atoms with E-state index in [4.69, 9.17) is 0 Å². The van der Waals surface area contributed by atoms with Crippen molar-refractivity contribution in [1.29, 1.82) is 0 Å². The highest BCUT2D eigenvalue weighted by Gasteiger charge is 2.41. The lowest BCUT2D eigenvalue weighted by Gasteiger charge is -2.09. The average Bonchev–Trinajstić information content (AvgIpc) is 2.84. The first-order chi connectivity index (χ1) is 9.84. The molecule has 0 spiro atoms. The Morgan fingerprint density at radius 3 is 2.48 bits per heavy atom. The Bertz CT molecular complexity index is 653. The number of rotatable bonds is 3. The van der Waals surface area contributed by atoms with Gasteiger partial charge in [0.1, 0.15) is 0 Å². The van der Waals surface area contributed by atoms with Crippen LogP contribution in [0.5, 0.6) is 0 Å². The molecule has 112 valence electrons. The van der Waals surface area contributed by atoms with E-state index in [9.17, 15) is 18.0 Å². The van der Waals surface area contributed by atoms with Crippen LogP contribution in [0.1, 0.15) is 23.1 Å². The Morgan fingerprint density at radius 2 is 1.95 bits per heavy atom. The number of ether oxygens (including phenoxy) is 1. The third kappa shape index (κ3) is 3.23. The summed E-state index contributed by atoms with van der Waals surface area (Å²) in [5, 5.41) is 6.48. The van der Waals surface area contributed by atoms with Crippen molar-refractivity contribution in [2.24, 2.45) is 0 Å². The van der Waals surface area contributed by atoms with Gasteiger partial charge < -0.3 is 4.74 Å². The van der Waals surface area contributed by atoms with E-state index in [-0.39, 0.29) is 12.3 Å². The first kappa shape index (κ1) is 15.5. The van der Waals surface area contributed by atoms with Gasteiger partial charge >= 0.3 is 12.1 Å². The van der Waals surface area contributed by atoms with Crippen LogP contribution < -0.4 is 0 Å². The summed E-state index contributed by atoms with van der Waals surface area (Å²) in [5.41, 5.74) is -1.85. The summed E-state index contributed by atoms with van der Waals surface area (Å²) in [6.45, 7) is 1.45. The second-order valence-corrected chi connectivity index (χ2v) is 4.81. The molecule has 21 heavy (non-hydrogen) atoms. The largest absolute Gasteiger partial charge is 0.461 e. The fourth-order valence-electron chi connectivity index (χ4n) is 1.62. The van der Waals surface area contributed by atoms with E-state index in [1.165, 1.54) is 19.1 Å². The fraction of sp³-hybridized carbons (Fsp3) is 0.250. The van der Waals surface area contributed by atoms with E-state index in [0.29, 0.717) is 0 Å². The van der Waals surface area contributed by atoms with E-state index in [0.717, 1.165) is 9.15 Å². The van der Waals surface area contributed by atoms with E-state index < -0.39 is 23.5 Å². The van der Waals surface area contributed by atoms with Gasteiger partial charge in [0.2, 0.25) is 5.69 Å². The zero-order valence-electron chi connectivity index (χ0n) is 10.7. The first-order valence-corrected chi connectivity index (χ1v) is 6.60. The number of nitrogens with zero attached hydrogens (tertiary/aromatic N) is 3. The second-order valence-electron chi connectivity index (χ2n) is 3.89. The van der Waals surface area contributed by atoms with E-state index >= 15 is 0 Å². The van der Waals surface area contributed by atoms with Crippen LogP contribution in [0.4, 0.5) is 13.2 Å². The highest BCUT2D eigenvalue weighted by atomic mass is 79.9. The van der Waals surface area contributed by atoms with Gasteiger partial charge in [-0.15, -0.1) is 5.10 Å². The third-order valence-corrected chi connectivity index (χ3v) is 3.01. The minimum Gasteiger partial charge on any atom is -0.461 e. The standard InChI is InChI=1S/C12H9BrF3N3O2/c1-2-21-11(20)9-10(12(14,15)16)17-18-19(9)8-5-3-7(13)4-6-8/h3-6H,2H2,1H3. The van der Waals surface area contributed by atoms with Crippen LogP contribution in [0.3, 0.4) is 0 Å². The molecule has 5 nitrogen and oxygen atoms in total. The molecule has 2 rings (SSSR count). The van der Waals surface area contributed by atoms with Crippen LogP contribution in [0.15, 0.2) is 28.7 Å². The number of aromatic nitrogens is 3. The molecular weight excluding hydrogens is 355 g/mol. The van der Waals surface area contributed by atoms with Crippen LogP contribution in [0.2, 0.25) is 0 Å². The highest BCUT2D eigenvalue weighted by Crippen LogP contribution is 2.31. The lowest BCUT2D eigenvalue weighted by molar-refractivity contribution is -0.141. The molecule has 0 saturated carbocycles. The number of esters is 1. The molecule has 0 aliphatic carbocycles. The lowest BCUT2D eigenvalue weighted by atomic mass is 10.2. The number of halogens is 4. The number of carbonyl (C=O) groups is 1. The fourth-order valence-corrected chi connectivity index (χ4v) is 1.88. The summed E-state index contributed by atoms with van der Waals surface area (Å²) in [6, 6.07) is 6.22. The molecule has 0 atom stereocenters. The Kier molecular flexibility index (Phi) is 4.31. The SMILES string of the molecule is CCOC(=O)c1c(C(F)(F)F)nnn1-c1ccc(Br)cc1. The molecule has 1 aromatic heterocycles. The smallest absolute Gasteiger partial charge is 0.437 e. The van der Waals surface area contributed by atoms with Gasteiger partial charge in [0.05, 0.1) is 12.3 Å². The quantitative estimate of drug-likeness (QED) is 0.785. The highest BCUT2D eigenvalue weighted by molar-refractivity contribution is 9.10. The monoisotopic (exact) mass is 363 g/mol. The molecule has 2 aromatic rings. The van der Waals surface area contributed by atoms with Crippen molar-refractivity contribution >= 4 is 21.9 Å². The molecule has 0 aliphatic rings. The Morgan fingerprint density at radius 1 is 1.33 bits per heavy atom. The van der Waals surface area contributed by atoms with Gasteiger partial charge in [-0.1, -0.05) is 21.1 Å². The second kappa shape index (κ2) is 5.84. The van der Waals surface area contributed by atoms with Crippen LogP contribution >= 0.6 is 15.9 Å². The molecule has 0 amide bonds. The molecule has 0 N–H and O–H groups in total. The summed E-state index contributed by atoms with van der Waals surface area (Å²) >= 11 is 3.21. The Balaban J connectivity index is 2.58.